The van der Waals surface area contributed by atoms with Crippen LogP contribution in [0.25, 0.3) is 0 Å². The van der Waals surface area contributed by atoms with Crippen LogP contribution in [0.15, 0.2) is 23.1 Å². The van der Waals surface area contributed by atoms with Crippen LogP contribution in [0.5, 0.6) is 0 Å². The Morgan fingerprint density at radius 1 is 1.30 bits per heavy atom. The van der Waals surface area contributed by atoms with Crippen LogP contribution in [0.1, 0.15) is 16.8 Å². The van der Waals surface area contributed by atoms with Crippen molar-refractivity contribution < 1.29 is 9.90 Å². The summed E-state index contributed by atoms with van der Waals surface area (Å²) in [5.74, 6) is -0.0447. The maximum atomic E-state index is 12.5. The van der Waals surface area contributed by atoms with E-state index in [1.54, 1.807) is 18.2 Å². The monoisotopic (exact) mass is 314 g/mol. The van der Waals surface area contributed by atoms with Crippen molar-refractivity contribution in [2.75, 3.05) is 39.3 Å². The van der Waals surface area contributed by atoms with Crippen LogP contribution in [0, 0.1) is 0 Å². The van der Waals surface area contributed by atoms with E-state index in [9.17, 15) is 4.79 Å². The standard InChI is InChI=1S/C14H19ClN2O2S/c15-13-3-2-11(20)10-12(13)14(19)17-5-1-4-16(6-7-17)8-9-18/h2-3,10,18,20H,1,4-9H2. The third-order valence-electron chi connectivity index (χ3n) is 3.47. The molecule has 2 rings (SSSR count). The Bertz CT molecular complexity index is 484. The number of thiol groups is 1. The summed E-state index contributed by atoms with van der Waals surface area (Å²) >= 11 is 10.4. The molecule has 0 aromatic heterocycles. The molecule has 1 saturated heterocycles. The molecule has 1 N–H and O–H groups in total. The van der Waals surface area contributed by atoms with Crippen molar-refractivity contribution in [2.24, 2.45) is 0 Å². The number of aliphatic hydroxyl groups is 1. The first-order chi connectivity index (χ1) is 9.61. The molecule has 6 heteroatoms. The summed E-state index contributed by atoms with van der Waals surface area (Å²) in [4.78, 5) is 17.3. The van der Waals surface area contributed by atoms with Crippen molar-refractivity contribution in [1.82, 2.24) is 9.80 Å². The second-order valence-corrected chi connectivity index (χ2v) is 5.80. The van der Waals surface area contributed by atoms with Gasteiger partial charge < -0.3 is 10.0 Å². The lowest BCUT2D eigenvalue weighted by atomic mass is 10.2. The summed E-state index contributed by atoms with van der Waals surface area (Å²) in [7, 11) is 0. The molecule has 1 aliphatic rings. The molecular weight excluding hydrogens is 296 g/mol. The van der Waals surface area contributed by atoms with Gasteiger partial charge in [-0.15, -0.1) is 12.6 Å². The van der Waals surface area contributed by atoms with Crippen LogP contribution >= 0.6 is 24.2 Å². The summed E-state index contributed by atoms with van der Waals surface area (Å²) in [6, 6.07) is 5.19. The first-order valence-corrected chi connectivity index (χ1v) is 7.55. The number of carbonyl (C=O) groups excluding carboxylic acids is 1. The average molecular weight is 315 g/mol. The lowest BCUT2D eigenvalue weighted by molar-refractivity contribution is 0.0760. The topological polar surface area (TPSA) is 43.8 Å². The Kier molecular flexibility index (Phi) is 5.72. The SMILES string of the molecule is O=C(c1cc(S)ccc1Cl)N1CCCN(CCO)CC1. The molecule has 20 heavy (non-hydrogen) atoms. The fourth-order valence-electron chi connectivity index (χ4n) is 2.39. The minimum atomic E-state index is -0.0447. The number of rotatable bonds is 3. The average Bonchev–Trinajstić information content (AvgIpc) is 2.67. The van der Waals surface area contributed by atoms with Crippen molar-refractivity contribution in [3.8, 4) is 0 Å². The van der Waals surface area contributed by atoms with E-state index in [1.807, 2.05) is 4.90 Å². The molecule has 1 aromatic rings. The fourth-order valence-corrected chi connectivity index (χ4v) is 2.79. The van der Waals surface area contributed by atoms with Crippen LogP contribution in [0.2, 0.25) is 5.02 Å². The van der Waals surface area contributed by atoms with E-state index < -0.39 is 0 Å². The van der Waals surface area contributed by atoms with Gasteiger partial charge in [0.1, 0.15) is 0 Å². The molecule has 1 heterocycles. The lowest BCUT2D eigenvalue weighted by Gasteiger charge is -2.22. The van der Waals surface area contributed by atoms with E-state index in [1.165, 1.54) is 0 Å². The zero-order chi connectivity index (χ0) is 14.5. The number of β-amino-alcohol motifs (C(OH)–C–C–N with tert-alkyl or cyclic N) is 1. The highest BCUT2D eigenvalue weighted by Crippen LogP contribution is 2.21. The van der Waals surface area contributed by atoms with Crippen molar-refractivity contribution in [2.45, 2.75) is 11.3 Å². The molecule has 1 amide bonds. The number of hydrogen-bond donors (Lipinski definition) is 2. The quantitative estimate of drug-likeness (QED) is 0.836. The number of amides is 1. The lowest BCUT2D eigenvalue weighted by Crippen LogP contribution is -2.36. The summed E-state index contributed by atoms with van der Waals surface area (Å²) < 4.78 is 0. The van der Waals surface area contributed by atoms with Gasteiger partial charge in [-0.25, -0.2) is 0 Å². The first kappa shape index (κ1) is 15.6. The second-order valence-electron chi connectivity index (χ2n) is 4.88. The highest BCUT2D eigenvalue weighted by atomic mass is 35.5. The Hall–Kier alpha value is -0.750. The van der Waals surface area contributed by atoms with E-state index in [2.05, 4.69) is 17.5 Å². The predicted octanol–water partition coefficient (Wildman–Crippen LogP) is 1.77. The summed E-state index contributed by atoms with van der Waals surface area (Å²) in [5.41, 5.74) is 0.509. The first-order valence-electron chi connectivity index (χ1n) is 6.73. The van der Waals surface area contributed by atoms with E-state index in [0.717, 1.165) is 24.4 Å². The van der Waals surface area contributed by atoms with Gasteiger partial charge in [0, 0.05) is 31.1 Å². The van der Waals surface area contributed by atoms with Gasteiger partial charge >= 0.3 is 0 Å². The third kappa shape index (κ3) is 3.88. The number of halogens is 1. The van der Waals surface area contributed by atoms with Gasteiger partial charge in [0.05, 0.1) is 17.2 Å². The molecule has 0 aliphatic carbocycles. The molecule has 0 bridgehead atoms. The molecular formula is C14H19ClN2O2S. The van der Waals surface area contributed by atoms with Crippen molar-refractivity contribution in [1.29, 1.82) is 0 Å². The molecule has 1 fully saturated rings. The van der Waals surface area contributed by atoms with E-state index in [-0.39, 0.29) is 12.5 Å². The van der Waals surface area contributed by atoms with Gasteiger partial charge in [0.15, 0.2) is 0 Å². The zero-order valence-corrected chi connectivity index (χ0v) is 12.9. The highest BCUT2D eigenvalue weighted by Gasteiger charge is 2.21. The molecule has 4 nitrogen and oxygen atoms in total. The largest absolute Gasteiger partial charge is 0.395 e. The highest BCUT2D eigenvalue weighted by molar-refractivity contribution is 7.80. The Balaban J connectivity index is 2.07. The predicted molar refractivity (Wildman–Crippen MR) is 82.8 cm³/mol. The number of benzene rings is 1. The third-order valence-corrected chi connectivity index (χ3v) is 4.08. The van der Waals surface area contributed by atoms with Gasteiger partial charge in [0.2, 0.25) is 0 Å². The molecule has 0 atom stereocenters. The summed E-state index contributed by atoms with van der Waals surface area (Å²) in [6.07, 6.45) is 0.907. The Morgan fingerprint density at radius 2 is 2.10 bits per heavy atom. The summed E-state index contributed by atoms with van der Waals surface area (Å²) in [6.45, 7) is 3.88. The van der Waals surface area contributed by atoms with E-state index >= 15 is 0 Å². The van der Waals surface area contributed by atoms with E-state index in [4.69, 9.17) is 16.7 Å². The second kappa shape index (κ2) is 7.31. The zero-order valence-electron chi connectivity index (χ0n) is 11.3. The fraction of sp³-hybridized carbons (Fsp3) is 0.500. The van der Waals surface area contributed by atoms with Crippen molar-refractivity contribution >= 4 is 30.1 Å². The van der Waals surface area contributed by atoms with Gasteiger partial charge in [-0.1, -0.05) is 11.6 Å². The smallest absolute Gasteiger partial charge is 0.255 e. The Morgan fingerprint density at radius 3 is 2.85 bits per heavy atom. The van der Waals surface area contributed by atoms with Crippen LogP contribution in [0.4, 0.5) is 0 Å². The van der Waals surface area contributed by atoms with Gasteiger partial charge in [-0.05, 0) is 31.2 Å². The molecule has 1 aliphatic heterocycles. The van der Waals surface area contributed by atoms with Crippen molar-refractivity contribution in [3.05, 3.63) is 28.8 Å². The molecule has 0 unspecified atom stereocenters. The van der Waals surface area contributed by atoms with Crippen molar-refractivity contribution in [3.63, 3.8) is 0 Å². The molecule has 0 spiro atoms. The molecule has 110 valence electrons. The van der Waals surface area contributed by atoms with Crippen LogP contribution in [0.3, 0.4) is 0 Å². The van der Waals surface area contributed by atoms with Gasteiger partial charge in [0.25, 0.3) is 5.91 Å². The maximum absolute atomic E-state index is 12.5. The normalized spacial score (nSPS) is 17.1. The van der Waals surface area contributed by atoms with E-state index in [0.29, 0.717) is 30.2 Å². The van der Waals surface area contributed by atoms with Crippen LogP contribution in [-0.2, 0) is 0 Å². The Labute approximate surface area is 129 Å². The number of aliphatic hydroxyl groups excluding tert-OH is 1. The number of carbonyl (C=O) groups is 1. The minimum Gasteiger partial charge on any atom is -0.395 e. The van der Waals surface area contributed by atoms with Crippen LogP contribution < -0.4 is 0 Å². The van der Waals surface area contributed by atoms with Gasteiger partial charge in [-0.3, -0.25) is 9.69 Å². The molecule has 0 radical (unpaired) electrons. The maximum Gasteiger partial charge on any atom is 0.255 e. The summed E-state index contributed by atoms with van der Waals surface area (Å²) in [5, 5.41) is 9.44. The van der Waals surface area contributed by atoms with Gasteiger partial charge in [-0.2, -0.15) is 0 Å². The minimum absolute atomic E-state index is 0.0447. The van der Waals surface area contributed by atoms with Crippen LogP contribution in [-0.4, -0.2) is 60.1 Å². The number of nitrogens with zero attached hydrogens (tertiary/aromatic N) is 2. The molecule has 0 saturated carbocycles. The molecule has 1 aromatic carbocycles. The number of hydrogen-bond acceptors (Lipinski definition) is 4.